The summed E-state index contributed by atoms with van der Waals surface area (Å²) < 4.78 is 5.04. The summed E-state index contributed by atoms with van der Waals surface area (Å²) in [7, 11) is 1.63. The molecule has 1 aromatic carbocycles. The molecule has 0 aliphatic rings. The fourth-order valence-electron chi connectivity index (χ4n) is 1.65. The van der Waals surface area contributed by atoms with Crippen molar-refractivity contribution in [3.8, 4) is 12.1 Å². The molecule has 0 saturated carbocycles. The zero-order valence-electron chi connectivity index (χ0n) is 10.4. The van der Waals surface area contributed by atoms with Crippen molar-refractivity contribution in [2.24, 2.45) is 0 Å². The van der Waals surface area contributed by atoms with Gasteiger partial charge in [0.1, 0.15) is 0 Å². The molecule has 0 radical (unpaired) electrons. The Labute approximate surface area is 107 Å². The first-order valence-electron chi connectivity index (χ1n) is 5.63. The number of nitrogens with zero attached hydrogens (tertiary/aromatic N) is 3. The molecule has 2 N–H and O–H groups in total. The minimum Gasteiger partial charge on any atom is -0.397 e. The lowest BCUT2D eigenvalue weighted by Crippen LogP contribution is -2.28. The first kappa shape index (κ1) is 13.8. The summed E-state index contributed by atoms with van der Waals surface area (Å²) >= 11 is 0. The molecule has 1 rings (SSSR count). The Kier molecular flexibility index (Phi) is 5.50. The molecule has 94 valence electrons. The summed E-state index contributed by atoms with van der Waals surface area (Å²) in [5.74, 6) is 0. The molecule has 5 nitrogen and oxygen atoms in total. The summed E-state index contributed by atoms with van der Waals surface area (Å²) in [6, 6.07) is 9.32. The van der Waals surface area contributed by atoms with Crippen molar-refractivity contribution < 1.29 is 4.74 Å². The number of nitriles is 2. The van der Waals surface area contributed by atoms with Gasteiger partial charge in [-0.2, -0.15) is 10.5 Å². The van der Waals surface area contributed by atoms with E-state index in [1.54, 1.807) is 25.3 Å². The Hall–Kier alpha value is -2.24. The normalized spacial score (nSPS) is 9.50. The van der Waals surface area contributed by atoms with E-state index < -0.39 is 0 Å². The van der Waals surface area contributed by atoms with E-state index in [9.17, 15) is 0 Å². The number of nitrogen functional groups attached to an aromatic ring is 1. The van der Waals surface area contributed by atoms with Gasteiger partial charge in [0.15, 0.2) is 0 Å². The van der Waals surface area contributed by atoms with E-state index in [0.29, 0.717) is 37.4 Å². The van der Waals surface area contributed by atoms with Crippen LogP contribution in [0, 0.1) is 22.7 Å². The van der Waals surface area contributed by atoms with Gasteiger partial charge in [0.05, 0.1) is 42.1 Å². The summed E-state index contributed by atoms with van der Waals surface area (Å²) in [6.07, 6.45) is 0.420. The maximum absolute atomic E-state index is 8.79. The highest BCUT2D eigenvalue weighted by molar-refractivity contribution is 5.69. The van der Waals surface area contributed by atoms with E-state index in [1.165, 1.54) is 0 Å². The lowest BCUT2D eigenvalue weighted by atomic mass is 10.1. The average Bonchev–Trinajstić information content (AvgIpc) is 2.39. The summed E-state index contributed by atoms with van der Waals surface area (Å²) in [5, 5.41) is 17.4. The second-order valence-corrected chi connectivity index (χ2v) is 3.77. The average molecular weight is 244 g/mol. The third kappa shape index (κ3) is 3.65. The van der Waals surface area contributed by atoms with E-state index in [0.717, 1.165) is 5.69 Å². The van der Waals surface area contributed by atoms with Crippen LogP contribution in [0.4, 0.5) is 11.4 Å². The zero-order valence-corrected chi connectivity index (χ0v) is 10.4. The fraction of sp³-hybridized carbons (Fsp3) is 0.385. The minimum absolute atomic E-state index is 0.420. The molecule has 0 bridgehead atoms. The third-order valence-electron chi connectivity index (χ3n) is 2.56. The zero-order chi connectivity index (χ0) is 13.4. The van der Waals surface area contributed by atoms with E-state index in [1.807, 2.05) is 11.0 Å². The van der Waals surface area contributed by atoms with E-state index in [4.69, 9.17) is 21.0 Å². The molecule has 0 fully saturated rings. The van der Waals surface area contributed by atoms with Gasteiger partial charge in [-0.3, -0.25) is 0 Å². The molecule has 0 aliphatic carbocycles. The molecule has 0 aromatic heterocycles. The molecule has 5 heteroatoms. The number of anilines is 2. The highest BCUT2D eigenvalue weighted by Gasteiger charge is 2.10. The molecule has 1 aromatic rings. The summed E-state index contributed by atoms with van der Waals surface area (Å²) in [5.41, 5.74) is 7.83. The lowest BCUT2D eigenvalue weighted by Gasteiger charge is -2.25. The lowest BCUT2D eigenvalue weighted by molar-refractivity contribution is 0.205. The highest BCUT2D eigenvalue weighted by atomic mass is 16.5. The van der Waals surface area contributed by atoms with Gasteiger partial charge in [-0.05, 0) is 18.2 Å². The van der Waals surface area contributed by atoms with E-state index in [2.05, 4.69) is 6.07 Å². The number of benzene rings is 1. The van der Waals surface area contributed by atoms with Gasteiger partial charge in [0, 0.05) is 20.2 Å². The monoisotopic (exact) mass is 244 g/mol. The quantitative estimate of drug-likeness (QED) is 0.766. The van der Waals surface area contributed by atoms with Crippen LogP contribution in [0.15, 0.2) is 18.2 Å². The van der Waals surface area contributed by atoms with Crippen LogP contribution in [-0.4, -0.2) is 26.8 Å². The SMILES string of the molecule is COCCN(CCC#N)c1ccc(C#N)cc1N. The van der Waals surface area contributed by atoms with Crippen LogP contribution in [0.3, 0.4) is 0 Å². The van der Waals surface area contributed by atoms with Gasteiger partial charge < -0.3 is 15.4 Å². The third-order valence-corrected chi connectivity index (χ3v) is 2.56. The maximum atomic E-state index is 8.79. The summed E-state index contributed by atoms with van der Waals surface area (Å²) in [4.78, 5) is 1.99. The predicted molar refractivity (Wildman–Crippen MR) is 69.9 cm³/mol. The second kappa shape index (κ2) is 7.16. The summed E-state index contributed by atoms with van der Waals surface area (Å²) in [6.45, 7) is 1.81. The predicted octanol–water partition coefficient (Wildman–Crippen LogP) is 1.51. The van der Waals surface area contributed by atoms with Gasteiger partial charge in [0.2, 0.25) is 0 Å². The van der Waals surface area contributed by atoms with Crippen LogP contribution in [0.25, 0.3) is 0 Å². The van der Waals surface area contributed by atoms with E-state index in [-0.39, 0.29) is 0 Å². The number of rotatable bonds is 6. The second-order valence-electron chi connectivity index (χ2n) is 3.77. The van der Waals surface area contributed by atoms with Crippen molar-refractivity contribution in [2.75, 3.05) is 37.4 Å². The van der Waals surface area contributed by atoms with Crippen molar-refractivity contribution in [2.45, 2.75) is 6.42 Å². The maximum Gasteiger partial charge on any atom is 0.0992 e. The standard InChI is InChI=1S/C13H16N4O/c1-18-8-7-17(6-2-5-14)13-4-3-11(10-15)9-12(13)16/h3-4,9H,2,6-8,16H2,1H3. The highest BCUT2D eigenvalue weighted by Crippen LogP contribution is 2.24. The fourth-order valence-corrected chi connectivity index (χ4v) is 1.65. The Morgan fingerprint density at radius 1 is 1.33 bits per heavy atom. The molecule has 0 unspecified atom stereocenters. The smallest absolute Gasteiger partial charge is 0.0992 e. The molecular formula is C13H16N4O. The molecular weight excluding hydrogens is 228 g/mol. The van der Waals surface area contributed by atoms with Crippen molar-refractivity contribution in [1.82, 2.24) is 0 Å². The van der Waals surface area contributed by atoms with Gasteiger partial charge in [-0.15, -0.1) is 0 Å². The van der Waals surface area contributed by atoms with Crippen LogP contribution >= 0.6 is 0 Å². The molecule has 0 spiro atoms. The van der Waals surface area contributed by atoms with Crippen molar-refractivity contribution in [3.63, 3.8) is 0 Å². The molecule has 0 aliphatic heterocycles. The number of nitrogens with two attached hydrogens (primary N) is 1. The first-order valence-corrected chi connectivity index (χ1v) is 5.63. The van der Waals surface area contributed by atoms with Crippen LogP contribution in [-0.2, 0) is 4.74 Å². The van der Waals surface area contributed by atoms with Gasteiger partial charge in [-0.25, -0.2) is 0 Å². The van der Waals surface area contributed by atoms with Gasteiger partial charge >= 0.3 is 0 Å². The number of hydrogen-bond donors (Lipinski definition) is 1. The molecule has 0 saturated heterocycles. The molecule has 0 atom stereocenters. The number of ether oxygens (including phenoxy) is 1. The van der Waals surface area contributed by atoms with Crippen LogP contribution in [0.2, 0.25) is 0 Å². The topological polar surface area (TPSA) is 86.1 Å². The van der Waals surface area contributed by atoms with Crippen LogP contribution in [0.1, 0.15) is 12.0 Å². The number of methoxy groups -OCH3 is 1. The Morgan fingerprint density at radius 3 is 2.67 bits per heavy atom. The van der Waals surface area contributed by atoms with Crippen molar-refractivity contribution in [1.29, 1.82) is 10.5 Å². The first-order chi connectivity index (χ1) is 8.72. The van der Waals surface area contributed by atoms with Crippen molar-refractivity contribution in [3.05, 3.63) is 23.8 Å². The van der Waals surface area contributed by atoms with Crippen LogP contribution in [0.5, 0.6) is 0 Å². The number of hydrogen-bond acceptors (Lipinski definition) is 5. The van der Waals surface area contributed by atoms with Crippen molar-refractivity contribution >= 4 is 11.4 Å². The van der Waals surface area contributed by atoms with E-state index >= 15 is 0 Å². The van der Waals surface area contributed by atoms with Gasteiger partial charge in [-0.1, -0.05) is 0 Å². The Balaban J connectivity index is 2.90. The molecule has 18 heavy (non-hydrogen) atoms. The van der Waals surface area contributed by atoms with Gasteiger partial charge in [0.25, 0.3) is 0 Å². The minimum atomic E-state index is 0.420. The molecule has 0 heterocycles. The Morgan fingerprint density at radius 2 is 2.11 bits per heavy atom. The van der Waals surface area contributed by atoms with Crippen LogP contribution < -0.4 is 10.6 Å². The largest absolute Gasteiger partial charge is 0.397 e. The molecule has 0 amide bonds. The Bertz CT molecular complexity index is 473.